The summed E-state index contributed by atoms with van der Waals surface area (Å²) in [5, 5.41) is 3.43. The molecule has 1 aromatic carbocycles. The van der Waals surface area contributed by atoms with Crippen molar-refractivity contribution in [1.29, 1.82) is 0 Å². The Hall–Kier alpha value is -1.06. The summed E-state index contributed by atoms with van der Waals surface area (Å²) >= 11 is 0. The van der Waals surface area contributed by atoms with E-state index in [0.717, 1.165) is 18.9 Å². The van der Waals surface area contributed by atoms with E-state index >= 15 is 0 Å². The third-order valence-electron chi connectivity index (χ3n) is 2.92. The highest BCUT2D eigenvalue weighted by Gasteiger charge is 2.07. The zero-order valence-electron chi connectivity index (χ0n) is 13.5. The molecule has 1 N–H and O–H groups in total. The van der Waals surface area contributed by atoms with Gasteiger partial charge in [0.1, 0.15) is 12.4 Å². The van der Waals surface area contributed by atoms with Gasteiger partial charge >= 0.3 is 0 Å². The summed E-state index contributed by atoms with van der Waals surface area (Å²) in [5.74, 6) is 1.56. The van der Waals surface area contributed by atoms with Crippen LogP contribution in [0.1, 0.15) is 38.8 Å². The zero-order valence-corrected chi connectivity index (χ0v) is 13.5. The van der Waals surface area contributed by atoms with Crippen molar-refractivity contribution in [2.45, 2.75) is 47.2 Å². The van der Waals surface area contributed by atoms with Crippen molar-refractivity contribution < 1.29 is 9.47 Å². The first-order chi connectivity index (χ1) is 9.50. The predicted molar refractivity (Wildman–Crippen MR) is 84.3 cm³/mol. The van der Waals surface area contributed by atoms with Crippen LogP contribution in [0.25, 0.3) is 0 Å². The molecule has 1 aromatic rings. The Morgan fingerprint density at radius 2 is 1.85 bits per heavy atom. The van der Waals surface area contributed by atoms with Gasteiger partial charge in [0.15, 0.2) is 0 Å². The van der Waals surface area contributed by atoms with E-state index in [4.69, 9.17) is 9.47 Å². The number of rotatable bonds is 9. The van der Waals surface area contributed by atoms with Crippen LogP contribution in [0.3, 0.4) is 0 Å². The Morgan fingerprint density at radius 3 is 2.50 bits per heavy atom. The van der Waals surface area contributed by atoms with Gasteiger partial charge in [0.25, 0.3) is 0 Å². The van der Waals surface area contributed by atoms with E-state index in [2.05, 4.69) is 58.1 Å². The van der Waals surface area contributed by atoms with E-state index in [9.17, 15) is 0 Å². The van der Waals surface area contributed by atoms with Gasteiger partial charge in [-0.05, 0) is 18.4 Å². The second kappa shape index (κ2) is 8.98. The number of ether oxygens (including phenoxy) is 2. The smallest absolute Gasteiger partial charge is 0.126 e. The van der Waals surface area contributed by atoms with Crippen molar-refractivity contribution in [3.05, 3.63) is 29.3 Å². The molecule has 0 unspecified atom stereocenters. The second-order valence-corrected chi connectivity index (χ2v) is 5.92. The average molecular weight is 279 g/mol. The minimum absolute atomic E-state index is 0.470. The number of benzene rings is 1. The van der Waals surface area contributed by atoms with Crippen LogP contribution in [0, 0.1) is 12.8 Å². The van der Waals surface area contributed by atoms with Crippen LogP contribution in [-0.4, -0.2) is 25.9 Å². The first-order valence-electron chi connectivity index (χ1n) is 7.53. The molecule has 3 nitrogen and oxygen atoms in total. The van der Waals surface area contributed by atoms with Gasteiger partial charge in [-0.15, -0.1) is 0 Å². The normalized spacial score (nSPS) is 11.3. The van der Waals surface area contributed by atoms with Gasteiger partial charge in [0, 0.05) is 24.8 Å². The maximum absolute atomic E-state index is 5.92. The van der Waals surface area contributed by atoms with Gasteiger partial charge in [-0.25, -0.2) is 0 Å². The number of para-hydroxylation sites is 1. The molecule has 0 fully saturated rings. The fourth-order valence-corrected chi connectivity index (χ4v) is 1.89. The van der Waals surface area contributed by atoms with Crippen molar-refractivity contribution in [2.24, 2.45) is 5.92 Å². The third-order valence-corrected chi connectivity index (χ3v) is 2.92. The lowest BCUT2D eigenvalue weighted by Crippen LogP contribution is -2.22. The Labute approximate surface area is 123 Å². The molecule has 0 aromatic heterocycles. The summed E-state index contributed by atoms with van der Waals surface area (Å²) < 4.78 is 11.5. The summed E-state index contributed by atoms with van der Waals surface area (Å²) in [6, 6.07) is 6.75. The van der Waals surface area contributed by atoms with Crippen LogP contribution >= 0.6 is 0 Å². The SMILES string of the molecule is Cc1cccc(CNC(C)C)c1OCCOCC(C)C. The molecule has 1 rings (SSSR count). The fraction of sp³-hybridized carbons (Fsp3) is 0.647. The highest BCUT2D eigenvalue weighted by atomic mass is 16.5. The molecular weight excluding hydrogens is 250 g/mol. The van der Waals surface area contributed by atoms with Gasteiger partial charge < -0.3 is 14.8 Å². The number of nitrogens with one attached hydrogen (secondary N) is 1. The van der Waals surface area contributed by atoms with Crippen LogP contribution in [-0.2, 0) is 11.3 Å². The molecule has 0 aliphatic heterocycles. The van der Waals surface area contributed by atoms with E-state index in [1.165, 1.54) is 11.1 Å². The molecule has 3 heteroatoms. The van der Waals surface area contributed by atoms with Crippen LogP contribution in [0.5, 0.6) is 5.75 Å². The number of hydrogen-bond acceptors (Lipinski definition) is 3. The minimum Gasteiger partial charge on any atom is -0.491 e. The number of hydrogen-bond donors (Lipinski definition) is 1. The summed E-state index contributed by atoms with van der Waals surface area (Å²) in [7, 11) is 0. The molecule has 0 amide bonds. The molecule has 0 radical (unpaired) electrons. The predicted octanol–water partition coefficient (Wildman–Crippen LogP) is 3.54. The van der Waals surface area contributed by atoms with Crippen molar-refractivity contribution in [2.75, 3.05) is 19.8 Å². The van der Waals surface area contributed by atoms with Gasteiger partial charge in [-0.1, -0.05) is 45.9 Å². The minimum atomic E-state index is 0.470. The summed E-state index contributed by atoms with van der Waals surface area (Å²) in [6.45, 7) is 13.6. The molecular formula is C17H29NO2. The molecule has 0 heterocycles. The molecule has 0 bridgehead atoms. The second-order valence-electron chi connectivity index (χ2n) is 5.92. The Balaban J connectivity index is 2.50. The van der Waals surface area contributed by atoms with Crippen molar-refractivity contribution in [3.63, 3.8) is 0 Å². The molecule has 0 aliphatic rings. The molecule has 0 atom stereocenters. The van der Waals surface area contributed by atoms with Crippen molar-refractivity contribution >= 4 is 0 Å². The van der Waals surface area contributed by atoms with E-state index in [1.54, 1.807) is 0 Å². The van der Waals surface area contributed by atoms with Gasteiger partial charge in [-0.2, -0.15) is 0 Å². The van der Waals surface area contributed by atoms with Gasteiger partial charge in [0.05, 0.1) is 6.61 Å². The van der Waals surface area contributed by atoms with E-state index in [0.29, 0.717) is 25.2 Å². The monoisotopic (exact) mass is 279 g/mol. The third kappa shape index (κ3) is 6.40. The Kier molecular flexibility index (Phi) is 7.63. The lowest BCUT2D eigenvalue weighted by molar-refractivity contribution is 0.0814. The van der Waals surface area contributed by atoms with Crippen molar-refractivity contribution in [1.82, 2.24) is 5.32 Å². The highest BCUT2D eigenvalue weighted by Crippen LogP contribution is 2.23. The summed E-state index contributed by atoms with van der Waals surface area (Å²) in [6.07, 6.45) is 0. The lowest BCUT2D eigenvalue weighted by Gasteiger charge is -2.16. The van der Waals surface area contributed by atoms with Crippen LogP contribution in [0.2, 0.25) is 0 Å². The highest BCUT2D eigenvalue weighted by molar-refractivity contribution is 5.40. The lowest BCUT2D eigenvalue weighted by atomic mass is 10.1. The van der Waals surface area contributed by atoms with E-state index < -0.39 is 0 Å². The zero-order chi connectivity index (χ0) is 15.0. The van der Waals surface area contributed by atoms with Crippen LogP contribution in [0.4, 0.5) is 0 Å². The Bertz CT molecular complexity index is 389. The molecule has 20 heavy (non-hydrogen) atoms. The molecule has 114 valence electrons. The summed E-state index contributed by atoms with van der Waals surface area (Å²) in [4.78, 5) is 0. The summed E-state index contributed by atoms with van der Waals surface area (Å²) in [5.41, 5.74) is 2.39. The fourth-order valence-electron chi connectivity index (χ4n) is 1.89. The van der Waals surface area contributed by atoms with Gasteiger partial charge in [0.2, 0.25) is 0 Å². The molecule has 0 spiro atoms. The number of aryl methyl sites for hydroxylation is 1. The van der Waals surface area contributed by atoms with Crippen LogP contribution in [0.15, 0.2) is 18.2 Å². The van der Waals surface area contributed by atoms with E-state index in [1.807, 2.05) is 0 Å². The molecule has 0 aliphatic carbocycles. The topological polar surface area (TPSA) is 30.5 Å². The first kappa shape index (κ1) is 17.0. The first-order valence-corrected chi connectivity index (χ1v) is 7.53. The largest absolute Gasteiger partial charge is 0.491 e. The molecule has 0 saturated carbocycles. The Morgan fingerprint density at radius 1 is 1.10 bits per heavy atom. The maximum atomic E-state index is 5.92. The maximum Gasteiger partial charge on any atom is 0.126 e. The van der Waals surface area contributed by atoms with Gasteiger partial charge in [-0.3, -0.25) is 0 Å². The van der Waals surface area contributed by atoms with Crippen molar-refractivity contribution in [3.8, 4) is 5.75 Å². The quantitative estimate of drug-likeness (QED) is 0.701. The standard InChI is InChI=1S/C17H29NO2/c1-13(2)12-19-9-10-20-17-15(5)7-6-8-16(17)11-18-14(3)4/h6-8,13-14,18H,9-12H2,1-5H3. The average Bonchev–Trinajstić information content (AvgIpc) is 2.37. The van der Waals surface area contributed by atoms with E-state index in [-0.39, 0.29) is 0 Å². The van der Waals surface area contributed by atoms with Crippen LogP contribution < -0.4 is 10.1 Å². The molecule has 0 saturated heterocycles.